The number of nitrogens with one attached hydrogen (secondary N) is 2. The lowest BCUT2D eigenvalue weighted by Gasteiger charge is -2.26. The Hall–Kier alpha value is -2.37. The zero-order valence-corrected chi connectivity index (χ0v) is 15.5. The molecule has 0 saturated carbocycles. The summed E-state index contributed by atoms with van der Waals surface area (Å²) in [5.41, 5.74) is 4.93. The Bertz CT molecular complexity index is 755. The number of nitrogens with zero attached hydrogens (tertiary/aromatic N) is 1. The highest BCUT2D eigenvalue weighted by atomic mass is 16.5. The van der Waals surface area contributed by atoms with Crippen LogP contribution in [-0.2, 0) is 4.74 Å². The summed E-state index contributed by atoms with van der Waals surface area (Å²) in [6.07, 6.45) is 0. The number of rotatable bonds is 6. The predicted molar refractivity (Wildman–Crippen MR) is 105 cm³/mol. The first-order valence-corrected chi connectivity index (χ1v) is 9.16. The van der Waals surface area contributed by atoms with Crippen molar-refractivity contribution in [3.8, 4) is 0 Å². The van der Waals surface area contributed by atoms with E-state index in [0.29, 0.717) is 12.1 Å². The van der Waals surface area contributed by atoms with Crippen LogP contribution in [0.2, 0.25) is 0 Å². The van der Waals surface area contributed by atoms with Crippen LogP contribution in [0.4, 0.5) is 11.4 Å². The average Bonchev–Trinajstić information content (AvgIpc) is 2.67. The number of hydrogen-bond acceptors (Lipinski definition) is 4. The van der Waals surface area contributed by atoms with Crippen molar-refractivity contribution in [3.05, 3.63) is 59.2 Å². The van der Waals surface area contributed by atoms with Crippen molar-refractivity contribution in [1.82, 2.24) is 10.2 Å². The molecule has 0 bridgehead atoms. The summed E-state index contributed by atoms with van der Waals surface area (Å²) in [5.74, 6) is -0.0494. The molecule has 2 aromatic carbocycles. The topological polar surface area (TPSA) is 53.6 Å². The van der Waals surface area contributed by atoms with Crippen LogP contribution >= 0.6 is 0 Å². The molecule has 1 saturated heterocycles. The largest absolute Gasteiger partial charge is 0.379 e. The standard InChI is InChI=1S/C21H27N3O2/c1-16-6-5-9-19(17(16)2)23-20-8-4-3-7-18(20)21(25)22-10-11-24-12-14-26-15-13-24/h3-9,23H,10-15H2,1-2H3,(H,22,25). The highest BCUT2D eigenvalue weighted by Crippen LogP contribution is 2.25. The van der Waals surface area contributed by atoms with Crippen LogP contribution in [-0.4, -0.2) is 50.2 Å². The first-order chi connectivity index (χ1) is 12.6. The van der Waals surface area contributed by atoms with Gasteiger partial charge in [0.2, 0.25) is 0 Å². The van der Waals surface area contributed by atoms with E-state index in [2.05, 4.69) is 35.4 Å². The van der Waals surface area contributed by atoms with E-state index >= 15 is 0 Å². The molecular formula is C21H27N3O2. The monoisotopic (exact) mass is 353 g/mol. The lowest BCUT2D eigenvalue weighted by atomic mass is 10.1. The van der Waals surface area contributed by atoms with Crippen molar-refractivity contribution in [2.24, 2.45) is 0 Å². The van der Waals surface area contributed by atoms with Crippen molar-refractivity contribution in [2.75, 3.05) is 44.7 Å². The highest BCUT2D eigenvalue weighted by Gasteiger charge is 2.13. The summed E-state index contributed by atoms with van der Waals surface area (Å²) in [7, 11) is 0. The number of anilines is 2. The van der Waals surface area contributed by atoms with E-state index < -0.39 is 0 Å². The van der Waals surface area contributed by atoms with E-state index in [0.717, 1.165) is 44.2 Å². The molecule has 0 unspecified atom stereocenters. The van der Waals surface area contributed by atoms with Crippen molar-refractivity contribution in [3.63, 3.8) is 0 Å². The summed E-state index contributed by atoms with van der Waals surface area (Å²) < 4.78 is 5.35. The Morgan fingerprint density at radius 1 is 1.04 bits per heavy atom. The van der Waals surface area contributed by atoms with Gasteiger partial charge in [0.25, 0.3) is 5.91 Å². The van der Waals surface area contributed by atoms with Gasteiger partial charge in [0, 0.05) is 31.9 Å². The van der Waals surface area contributed by atoms with E-state index in [-0.39, 0.29) is 5.91 Å². The molecule has 3 rings (SSSR count). The summed E-state index contributed by atoms with van der Waals surface area (Å²) in [4.78, 5) is 15.0. The fourth-order valence-corrected chi connectivity index (χ4v) is 3.07. The number of aryl methyl sites for hydroxylation is 1. The molecule has 26 heavy (non-hydrogen) atoms. The maximum absolute atomic E-state index is 12.7. The molecule has 138 valence electrons. The van der Waals surface area contributed by atoms with Crippen molar-refractivity contribution in [1.29, 1.82) is 0 Å². The van der Waals surface area contributed by atoms with Crippen LogP contribution in [0.25, 0.3) is 0 Å². The number of amides is 1. The Balaban J connectivity index is 1.64. The minimum absolute atomic E-state index is 0.0494. The Kier molecular flexibility index (Phi) is 6.26. The van der Waals surface area contributed by atoms with Gasteiger partial charge in [0.15, 0.2) is 0 Å². The number of para-hydroxylation sites is 1. The van der Waals surface area contributed by atoms with Crippen LogP contribution < -0.4 is 10.6 Å². The van der Waals surface area contributed by atoms with Crippen LogP contribution in [0.15, 0.2) is 42.5 Å². The van der Waals surface area contributed by atoms with Gasteiger partial charge in [-0.25, -0.2) is 0 Å². The Morgan fingerprint density at radius 3 is 2.58 bits per heavy atom. The number of morpholine rings is 1. The molecule has 0 aliphatic carbocycles. The van der Waals surface area contributed by atoms with Gasteiger partial charge in [-0.3, -0.25) is 9.69 Å². The molecule has 0 radical (unpaired) electrons. The van der Waals surface area contributed by atoms with Crippen molar-refractivity contribution < 1.29 is 9.53 Å². The van der Waals surface area contributed by atoms with Gasteiger partial charge < -0.3 is 15.4 Å². The molecule has 1 amide bonds. The molecule has 0 aromatic heterocycles. The number of benzene rings is 2. The minimum atomic E-state index is -0.0494. The first kappa shape index (κ1) is 18.4. The lowest BCUT2D eigenvalue weighted by molar-refractivity contribution is 0.0383. The van der Waals surface area contributed by atoms with Crippen LogP contribution in [0, 0.1) is 13.8 Å². The molecule has 0 atom stereocenters. The fraction of sp³-hybridized carbons (Fsp3) is 0.381. The van der Waals surface area contributed by atoms with Gasteiger partial charge in [-0.2, -0.15) is 0 Å². The van der Waals surface area contributed by atoms with Crippen molar-refractivity contribution >= 4 is 17.3 Å². The molecule has 5 heteroatoms. The SMILES string of the molecule is Cc1cccc(Nc2ccccc2C(=O)NCCN2CCOCC2)c1C. The van der Waals surface area contributed by atoms with Crippen LogP contribution in [0.5, 0.6) is 0 Å². The second-order valence-electron chi connectivity index (χ2n) is 6.63. The molecule has 0 spiro atoms. The van der Waals surface area contributed by atoms with Crippen molar-refractivity contribution in [2.45, 2.75) is 13.8 Å². The third-order valence-electron chi connectivity index (χ3n) is 4.86. The maximum atomic E-state index is 12.7. The summed E-state index contributed by atoms with van der Waals surface area (Å²) in [5, 5.41) is 6.45. The van der Waals surface area contributed by atoms with Gasteiger partial charge in [-0.15, -0.1) is 0 Å². The fourth-order valence-electron chi connectivity index (χ4n) is 3.07. The molecule has 2 N–H and O–H groups in total. The first-order valence-electron chi connectivity index (χ1n) is 9.16. The molecule has 5 nitrogen and oxygen atoms in total. The van der Waals surface area contributed by atoms with E-state index in [1.807, 2.05) is 36.4 Å². The molecular weight excluding hydrogens is 326 g/mol. The summed E-state index contributed by atoms with van der Waals surface area (Å²) in [6.45, 7) is 9.07. The normalized spacial score (nSPS) is 14.8. The zero-order chi connectivity index (χ0) is 18.4. The zero-order valence-electron chi connectivity index (χ0n) is 15.5. The van der Waals surface area contributed by atoms with Crippen LogP contribution in [0.1, 0.15) is 21.5 Å². The Morgan fingerprint density at radius 2 is 1.77 bits per heavy atom. The summed E-state index contributed by atoms with van der Waals surface area (Å²) >= 11 is 0. The number of carbonyl (C=O) groups is 1. The predicted octanol–water partition coefficient (Wildman–Crippen LogP) is 3.11. The van der Waals surface area contributed by atoms with E-state index in [1.54, 1.807) is 0 Å². The lowest BCUT2D eigenvalue weighted by Crippen LogP contribution is -2.41. The Labute approximate surface area is 155 Å². The minimum Gasteiger partial charge on any atom is -0.379 e. The van der Waals surface area contributed by atoms with E-state index in [9.17, 15) is 4.79 Å². The molecule has 1 fully saturated rings. The highest BCUT2D eigenvalue weighted by molar-refractivity contribution is 6.00. The van der Waals surface area contributed by atoms with Gasteiger partial charge in [-0.05, 0) is 43.2 Å². The maximum Gasteiger partial charge on any atom is 0.253 e. The number of hydrogen-bond donors (Lipinski definition) is 2. The summed E-state index contributed by atoms with van der Waals surface area (Å²) in [6, 6.07) is 13.8. The third-order valence-corrected chi connectivity index (χ3v) is 4.86. The van der Waals surface area contributed by atoms with E-state index in [4.69, 9.17) is 4.74 Å². The quantitative estimate of drug-likeness (QED) is 0.838. The van der Waals surface area contributed by atoms with E-state index in [1.165, 1.54) is 11.1 Å². The smallest absolute Gasteiger partial charge is 0.253 e. The molecule has 1 aliphatic heterocycles. The molecule has 2 aromatic rings. The van der Waals surface area contributed by atoms with Gasteiger partial charge >= 0.3 is 0 Å². The second kappa shape index (κ2) is 8.83. The third kappa shape index (κ3) is 4.62. The van der Waals surface area contributed by atoms with Gasteiger partial charge in [0.05, 0.1) is 24.5 Å². The number of ether oxygens (including phenoxy) is 1. The number of carbonyl (C=O) groups excluding carboxylic acids is 1. The average molecular weight is 353 g/mol. The van der Waals surface area contributed by atoms with Gasteiger partial charge in [0.1, 0.15) is 0 Å². The van der Waals surface area contributed by atoms with Gasteiger partial charge in [-0.1, -0.05) is 24.3 Å². The second-order valence-corrected chi connectivity index (χ2v) is 6.63. The molecule has 1 aliphatic rings. The van der Waals surface area contributed by atoms with Crippen LogP contribution in [0.3, 0.4) is 0 Å². The molecule has 1 heterocycles.